The third kappa shape index (κ3) is 5.46. The van der Waals surface area contributed by atoms with E-state index >= 15 is 0 Å². The molecule has 8 heteroatoms. The van der Waals surface area contributed by atoms with Crippen LogP contribution in [0.4, 0.5) is 0 Å². The molecule has 2 N–H and O–H groups in total. The van der Waals surface area contributed by atoms with E-state index in [-0.39, 0.29) is 18.6 Å². The maximum absolute atomic E-state index is 11.8. The first-order chi connectivity index (χ1) is 8.22. The first-order valence-corrected chi connectivity index (χ1v) is 7.23. The van der Waals surface area contributed by atoms with E-state index in [9.17, 15) is 18.0 Å². The highest BCUT2D eigenvalue weighted by Crippen LogP contribution is 2.12. The van der Waals surface area contributed by atoms with Gasteiger partial charge in [-0.25, -0.2) is 8.42 Å². The van der Waals surface area contributed by atoms with Crippen LogP contribution < -0.4 is 0 Å². The molecule has 0 radical (unpaired) electrons. The summed E-state index contributed by atoms with van der Waals surface area (Å²) in [6.45, 7) is 1.83. The second-order valence-corrected chi connectivity index (χ2v) is 6.12. The zero-order valence-corrected chi connectivity index (χ0v) is 11.3. The second kappa shape index (κ2) is 7.32. The first kappa shape index (κ1) is 16.9. The summed E-state index contributed by atoms with van der Waals surface area (Å²) in [6, 6.07) is -1.33. The van der Waals surface area contributed by atoms with Crippen LogP contribution in [0, 0.1) is 0 Å². The van der Waals surface area contributed by atoms with Gasteiger partial charge in [0.25, 0.3) is 0 Å². The average molecular weight is 281 g/mol. The van der Waals surface area contributed by atoms with E-state index in [1.807, 2.05) is 6.92 Å². The molecule has 18 heavy (non-hydrogen) atoms. The molecule has 7 nitrogen and oxygen atoms in total. The standard InChI is InChI=1S/C10H19NO6S/c1-3-4-7-18(16,17)11(2)8(10(14)15)5-6-9(12)13/h8H,3-7H2,1-2H3,(H,12,13)(H,14,15)/t8-/m0/s1. The van der Waals surface area contributed by atoms with Crippen molar-refractivity contribution in [2.75, 3.05) is 12.8 Å². The minimum atomic E-state index is -3.65. The fourth-order valence-corrected chi connectivity index (χ4v) is 2.91. The number of sulfonamides is 1. The molecular weight excluding hydrogens is 262 g/mol. The lowest BCUT2D eigenvalue weighted by atomic mass is 10.1. The van der Waals surface area contributed by atoms with Crippen LogP contribution in [-0.2, 0) is 19.6 Å². The van der Waals surface area contributed by atoms with Crippen molar-refractivity contribution in [3.63, 3.8) is 0 Å². The molecule has 0 fully saturated rings. The number of hydrogen-bond donors (Lipinski definition) is 2. The smallest absolute Gasteiger partial charge is 0.322 e. The number of carbonyl (C=O) groups is 2. The van der Waals surface area contributed by atoms with Gasteiger partial charge < -0.3 is 10.2 Å². The van der Waals surface area contributed by atoms with Crippen molar-refractivity contribution in [3.8, 4) is 0 Å². The average Bonchev–Trinajstić information content (AvgIpc) is 2.25. The van der Waals surface area contributed by atoms with Gasteiger partial charge >= 0.3 is 11.9 Å². The monoisotopic (exact) mass is 281 g/mol. The van der Waals surface area contributed by atoms with E-state index < -0.39 is 28.0 Å². The highest BCUT2D eigenvalue weighted by Gasteiger charge is 2.31. The number of nitrogens with zero attached hydrogens (tertiary/aromatic N) is 1. The van der Waals surface area contributed by atoms with E-state index in [1.165, 1.54) is 7.05 Å². The lowest BCUT2D eigenvalue weighted by Crippen LogP contribution is -2.43. The molecule has 0 saturated heterocycles. The number of hydrogen-bond acceptors (Lipinski definition) is 4. The summed E-state index contributed by atoms with van der Waals surface area (Å²) >= 11 is 0. The molecule has 1 atom stereocenters. The third-order valence-corrected chi connectivity index (χ3v) is 4.49. The predicted molar refractivity (Wildman–Crippen MR) is 64.8 cm³/mol. The van der Waals surface area contributed by atoms with E-state index in [4.69, 9.17) is 10.2 Å². The van der Waals surface area contributed by atoms with Gasteiger partial charge in [0.15, 0.2) is 0 Å². The summed E-state index contributed by atoms with van der Waals surface area (Å²) in [7, 11) is -2.48. The van der Waals surface area contributed by atoms with Crippen LogP contribution in [0.25, 0.3) is 0 Å². The molecular formula is C10H19NO6S. The maximum atomic E-state index is 11.8. The van der Waals surface area contributed by atoms with Crippen LogP contribution in [0.5, 0.6) is 0 Å². The lowest BCUT2D eigenvalue weighted by Gasteiger charge is -2.23. The normalized spacial score (nSPS) is 13.5. The van der Waals surface area contributed by atoms with Crippen molar-refractivity contribution in [2.24, 2.45) is 0 Å². The third-order valence-electron chi connectivity index (χ3n) is 2.55. The Balaban J connectivity index is 4.79. The summed E-state index contributed by atoms with van der Waals surface area (Å²) in [6.07, 6.45) is 0.495. The number of rotatable bonds is 9. The van der Waals surface area contributed by atoms with Gasteiger partial charge in [-0.3, -0.25) is 9.59 Å². The predicted octanol–water partition coefficient (Wildman–Crippen LogP) is 0.366. The molecule has 0 saturated carbocycles. The van der Waals surface area contributed by atoms with Gasteiger partial charge in [0, 0.05) is 13.5 Å². The number of carboxylic acids is 2. The van der Waals surface area contributed by atoms with E-state index in [1.54, 1.807) is 0 Å². The van der Waals surface area contributed by atoms with Gasteiger partial charge in [-0.05, 0) is 12.8 Å². The van der Waals surface area contributed by atoms with Crippen molar-refractivity contribution < 1.29 is 28.2 Å². The molecule has 0 aromatic rings. The molecule has 0 aliphatic heterocycles. The number of aliphatic carboxylic acids is 2. The highest BCUT2D eigenvalue weighted by atomic mass is 32.2. The Bertz CT molecular complexity index is 391. The van der Waals surface area contributed by atoms with E-state index in [0.717, 1.165) is 4.31 Å². The Morgan fingerprint density at radius 3 is 2.22 bits per heavy atom. The van der Waals surface area contributed by atoms with Gasteiger partial charge in [0.2, 0.25) is 10.0 Å². The topological polar surface area (TPSA) is 112 Å². The number of likely N-dealkylation sites (N-methyl/N-ethyl adjacent to an activating group) is 1. The molecule has 0 unspecified atom stereocenters. The van der Waals surface area contributed by atoms with Crippen LogP contribution in [0.2, 0.25) is 0 Å². The molecule has 0 rings (SSSR count). The zero-order valence-electron chi connectivity index (χ0n) is 10.5. The number of carboxylic acid groups (broad SMARTS) is 2. The van der Waals surface area contributed by atoms with Crippen LogP contribution in [0.1, 0.15) is 32.6 Å². The van der Waals surface area contributed by atoms with Crippen molar-refractivity contribution in [1.29, 1.82) is 0 Å². The molecule has 0 bridgehead atoms. The minimum absolute atomic E-state index is 0.128. The molecule has 106 valence electrons. The summed E-state index contributed by atoms with van der Waals surface area (Å²) in [5, 5.41) is 17.5. The first-order valence-electron chi connectivity index (χ1n) is 5.62. The molecule has 0 heterocycles. The van der Waals surface area contributed by atoms with Crippen LogP contribution >= 0.6 is 0 Å². The fourth-order valence-electron chi connectivity index (χ4n) is 1.39. The van der Waals surface area contributed by atoms with Crippen molar-refractivity contribution >= 4 is 22.0 Å². The summed E-state index contributed by atoms with van der Waals surface area (Å²) in [5.41, 5.74) is 0. The molecule has 0 aromatic carbocycles. The molecule has 0 amide bonds. The Morgan fingerprint density at radius 2 is 1.83 bits per heavy atom. The van der Waals surface area contributed by atoms with Gasteiger partial charge in [-0.1, -0.05) is 13.3 Å². The van der Waals surface area contributed by atoms with Gasteiger partial charge in [-0.15, -0.1) is 0 Å². The Kier molecular flexibility index (Phi) is 6.85. The summed E-state index contributed by atoms with van der Waals surface area (Å²) in [5.74, 6) is -2.61. The Morgan fingerprint density at radius 1 is 1.28 bits per heavy atom. The molecule has 0 aromatic heterocycles. The van der Waals surface area contributed by atoms with Crippen LogP contribution in [0.3, 0.4) is 0 Å². The molecule has 0 aliphatic rings. The maximum Gasteiger partial charge on any atom is 0.322 e. The second-order valence-electron chi connectivity index (χ2n) is 3.97. The minimum Gasteiger partial charge on any atom is -0.481 e. The Hall–Kier alpha value is -1.15. The summed E-state index contributed by atoms with van der Waals surface area (Å²) in [4.78, 5) is 21.4. The summed E-state index contributed by atoms with van der Waals surface area (Å²) < 4.78 is 24.3. The zero-order chi connectivity index (χ0) is 14.3. The molecule has 0 spiro atoms. The SMILES string of the molecule is CCCCS(=O)(=O)N(C)[C@@H](CCC(=O)O)C(=O)O. The molecule has 0 aliphatic carbocycles. The fraction of sp³-hybridized carbons (Fsp3) is 0.800. The number of unbranched alkanes of at least 4 members (excludes halogenated alkanes) is 1. The van der Waals surface area contributed by atoms with E-state index in [2.05, 4.69) is 0 Å². The van der Waals surface area contributed by atoms with Gasteiger partial charge in [0.05, 0.1) is 5.75 Å². The lowest BCUT2D eigenvalue weighted by molar-refractivity contribution is -0.142. The van der Waals surface area contributed by atoms with Crippen molar-refractivity contribution in [3.05, 3.63) is 0 Å². The van der Waals surface area contributed by atoms with Crippen molar-refractivity contribution in [1.82, 2.24) is 4.31 Å². The van der Waals surface area contributed by atoms with Gasteiger partial charge in [0.1, 0.15) is 6.04 Å². The van der Waals surface area contributed by atoms with E-state index in [0.29, 0.717) is 12.8 Å². The van der Waals surface area contributed by atoms with Crippen LogP contribution in [-0.4, -0.2) is 53.7 Å². The quantitative estimate of drug-likeness (QED) is 0.631. The highest BCUT2D eigenvalue weighted by molar-refractivity contribution is 7.89. The largest absolute Gasteiger partial charge is 0.481 e. The Labute approximate surface area is 106 Å². The van der Waals surface area contributed by atoms with Crippen molar-refractivity contribution in [2.45, 2.75) is 38.6 Å². The van der Waals surface area contributed by atoms with Crippen LogP contribution in [0.15, 0.2) is 0 Å². The van der Waals surface area contributed by atoms with Gasteiger partial charge in [-0.2, -0.15) is 4.31 Å².